The van der Waals surface area contributed by atoms with Gasteiger partial charge >= 0.3 is 0 Å². The number of nitrogen functional groups attached to an aromatic ring is 2. The Hall–Kier alpha value is -2.29. The third-order valence-corrected chi connectivity index (χ3v) is 3.78. The summed E-state index contributed by atoms with van der Waals surface area (Å²) in [6.07, 6.45) is 0. The fourth-order valence-electron chi connectivity index (χ4n) is 2.49. The van der Waals surface area contributed by atoms with Gasteiger partial charge in [0.2, 0.25) is 0 Å². The number of rotatable bonds is 4. The molecule has 0 radical (unpaired) electrons. The summed E-state index contributed by atoms with van der Waals surface area (Å²) in [6.45, 7) is 3.79. The van der Waals surface area contributed by atoms with Gasteiger partial charge in [0, 0.05) is 23.2 Å². The normalized spacial score (nSPS) is 13.7. The molecule has 0 heterocycles. The summed E-state index contributed by atoms with van der Waals surface area (Å²) in [5, 5.41) is 0. The van der Waals surface area contributed by atoms with Gasteiger partial charge in [0.25, 0.3) is 0 Å². The number of nitrogens with two attached hydrogens (primary N) is 2. The third-order valence-electron chi connectivity index (χ3n) is 3.78. The highest BCUT2D eigenvalue weighted by Gasteiger charge is 2.24. The Morgan fingerprint density at radius 3 is 1.50 bits per heavy atom. The van der Waals surface area contributed by atoms with Crippen LogP contribution in [0.25, 0.3) is 0 Å². The summed E-state index contributed by atoms with van der Waals surface area (Å²) in [5.74, 6) is -0.364. The maximum Gasteiger partial charge on any atom is 0.147 e. The van der Waals surface area contributed by atoms with E-state index in [9.17, 15) is 4.79 Å². The van der Waals surface area contributed by atoms with E-state index in [0.29, 0.717) is 11.4 Å². The van der Waals surface area contributed by atoms with E-state index >= 15 is 0 Å². The SMILES string of the molecule is CC(C(=O)C(C)c1ccccc1N)c1ccccc1N. The third kappa shape index (κ3) is 2.67. The molecule has 2 rings (SSSR count). The van der Waals surface area contributed by atoms with Crippen molar-refractivity contribution in [1.82, 2.24) is 0 Å². The van der Waals surface area contributed by atoms with Gasteiger partial charge in [-0.15, -0.1) is 0 Å². The Labute approximate surface area is 119 Å². The van der Waals surface area contributed by atoms with Crippen LogP contribution in [0.15, 0.2) is 48.5 Å². The van der Waals surface area contributed by atoms with E-state index in [1.807, 2.05) is 62.4 Å². The summed E-state index contributed by atoms with van der Waals surface area (Å²) in [6, 6.07) is 15.0. The van der Waals surface area contributed by atoms with Gasteiger partial charge in [-0.05, 0) is 23.3 Å². The monoisotopic (exact) mass is 268 g/mol. The number of Topliss-reactive ketones (excluding diaryl/α,β-unsaturated/α-hetero) is 1. The number of anilines is 2. The first-order valence-electron chi connectivity index (χ1n) is 6.75. The summed E-state index contributed by atoms with van der Waals surface area (Å²) in [7, 11) is 0. The molecule has 20 heavy (non-hydrogen) atoms. The zero-order valence-electron chi connectivity index (χ0n) is 11.8. The second-order valence-corrected chi connectivity index (χ2v) is 5.10. The van der Waals surface area contributed by atoms with Crippen molar-refractivity contribution in [3.63, 3.8) is 0 Å². The van der Waals surface area contributed by atoms with Crippen molar-refractivity contribution in [3.05, 3.63) is 59.7 Å². The molecule has 4 N–H and O–H groups in total. The van der Waals surface area contributed by atoms with Crippen LogP contribution in [-0.4, -0.2) is 5.78 Å². The highest BCUT2D eigenvalue weighted by atomic mass is 16.1. The molecular formula is C17H20N2O. The molecular weight excluding hydrogens is 248 g/mol. The molecule has 0 saturated heterocycles. The molecule has 0 aliphatic rings. The molecule has 0 fully saturated rings. The molecule has 2 aromatic carbocycles. The van der Waals surface area contributed by atoms with Crippen molar-refractivity contribution >= 4 is 17.2 Å². The largest absolute Gasteiger partial charge is 0.398 e. The standard InChI is InChI=1S/C17H20N2O/c1-11(13-7-3-5-9-15(13)18)17(20)12(2)14-8-4-6-10-16(14)19/h3-12H,18-19H2,1-2H3. The van der Waals surface area contributed by atoms with Crippen molar-refractivity contribution < 1.29 is 4.79 Å². The molecule has 0 bridgehead atoms. The zero-order valence-corrected chi connectivity index (χ0v) is 11.8. The molecule has 0 saturated carbocycles. The van der Waals surface area contributed by atoms with E-state index in [1.54, 1.807) is 0 Å². The van der Waals surface area contributed by atoms with E-state index in [0.717, 1.165) is 11.1 Å². The average Bonchev–Trinajstić information content (AvgIpc) is 2.46. The number of ketones is 1. The minimum Gasteiger partial charge on any atom is -0.398 e. The minimum absolute atomic E-state index is 0.126. The minimum atomic E-state index is -0.245. The molecule has 0 amide bonds. The van der Waals surface area contributed by atoms with Crippen LogP contribution in [0.4, 0.5) is 11.4 Å². The summed E-state index contributed by atoms with van der Waals surface area (Å²) >= 11 is 0. The van der Waals surface area contributed by atoms with Crippen molar-refractivity contribution in [3.8, 4) is 0 Å². The van der Waals surface area contributed by atoms with Crippen molar-refractivity contribution in [1.29, 1.82) is 0 Å². The Morgan fingerprint density at radius 2 is 1.15 bits per heavy atom. The van der Waals surface area contributed by atoms with Crippen LogP contribution in [0.5, 0.6) is 0 Å². The molecule has 0 aliphatic heterocycles. The first kappa shape index (κ1) is 14.1. The Kier molecular flexibility index (Phi) is 4.08. The maximum atomic E-state index is 12.6. The average molecular weight is 268 g/mol. The van der Waals surface area contributed by atoms with Crippen molar-refractivity contribution in [2.75, 3.05) is 11.5 Å². The Balaban J connectivity index is 2.28. The van der Waals surface area contributed by atoms with E-state index in [-0.39, 0.29) is 17.6 Å². The highest BCUT2D eigenvalue weighted by molar-refractivity contribution is 5.93. The fraction of sp³-hybridized carbons (Fsp3) is 0.235. The number of benzene rings is 2. The number of hydrogen-bond acceptors (Lipinski definition) is 3. The topological polar surface area (TPSA) is 69.1 Å². The molecule has 2 atom stereocenters. The smallest absolute Gasteiger partial charge is 0.147 e. The number of hydrogen-bond donors (Lipinski definition) is 2. The molecule has 2 aromatic rings. The number of para-hydroxylation sites is 2. The summed E-state index contributed by atoms with van der Waals surface area (Å²) in [5.41, 5.74) is 15.0. The number of carbonyl (C=O) groups is 1. The van der Waals surface area contributed by atoms with Gasteiger partial charge in [0.15, 0.2) is 0 Å². The fourth-order valence-corrected chi connectivity index (χ4v) is 2.49. The molecule has 3 heteroatoms. The van der Waals surface area contributed by atoms with Crippen LogP contribution < -0.4 is 11.5 Å². The number of carbonyl (C=O) groups excluding carboxylic acids is 1. The van der Waals surface area contributed by atoms with E-state index < -0.39 is 0 Å². The molecule has 2 unspecified atom stereocenters. The predicted molar refractivity (Wildman–Crippen MR) is 83.5 cm³/mol. The molecule has 3 nitrogen and oxygen atoms in total. The van der Waals surface area contributed by atoms with Crippen molar-refractivity contribution in [2.24, 2.45) is 0 Å². The lowest BCUT2D eigenvalue weighted by atomic mass is 9.85. The van der Waals surface area contributed by atoms with Gasteiger partial charge in [-0.25, -0.2) is 0 Å². The second-order valence-electron chi connectivity index (χ2n) is 5.10. The van der Waals surface area contributed by atoms with E-state index in [4.69, 9.17) is 11.5 Å². The second kappa shape index (κ2) is 5.78. The lowest BCUT2D eigenvalue weighted by molar-refractivity contribution is -0.121. The maximum absolute atomic E-state index is 12.6. The first-order valence-corrected chi connectivity index (χ1v) is 6.75. The van der Waals surface area contributed by atoms with Crippen LogP contribution in [-0.2, 0) is 4.79 Å². The molecule has 0 spiro atoms. The highest BCUT2D eigenvalue weighted by Crippen LogP contribution is 2.31. The lowest BCUT2D eigenvalue weighted by Crippen LogP contribution is -2.18. The van der Waals surface area contributed by atoms with Gasteiger partial charge in [-0.1, -0.05) is 50.2 Å². The quantitative estimate of drug-likeness (QED) is 0.836. The van der Waals surface area contributed by atoms with Crippen LogP contribution in [0.1, 0.15) is 36.8 Å². The van der Waals surface area contributed by atoms with Gasteiger partial charge in [0.1, 0.15) is 5.78 Å². The van der Waals surface area contributed by atoms with E-state index in [1.165, 1.54) is 0 Å². The first-order chi connectivity index (χ1) is 9.52. The van der Waals surface area contributed by atoms with Gasteiger partial charge in [-0.3, -0.25) is 4.79 Å². The summed E-state index contributed by atoms with van der Waals surface area (Å²) in [4.78, 5) is 12.6. The molecule has 104 valence electrons. The van der Waals surface area contributed by atoms with Gasteiger partial charge in [0.05, 0.1) is 0 Å². The van der Waals surface area contributed by atoms with Gasteiger partial charge in [-0.2, -0.15) is 0 Å². The zero-order chi connectivity index (χ0) is 14.7. The van der Waals surface area contributed by atoms with Gasteiger partial charge < -0.3 is 11.5 Å². The van der Waals surface area contributed by atoms with Crippen LogP contribution in [0, 0.1) is 0 Å². The Morgan fingerprint density at radius 1 is 0.800 bits per heavy atom. The molecule has 0 aromatic heterocycles. The van der Waals surface area contributed by atoms with E-state index in [2.05, 4.69) is 0 Å². The van der Waals surface area contributed by atoms with Crippen LogP contribution >= 0.6 is 0 Å². The Bertz CT molecular complexity index is 568. The lowest BCUT2D eigenvalue weighted by Gasteiger charge is -2.19. The van der Waals surface area contributed by atoms with Crippen molar-refractivity contribution in [2.45, 2.75) is 25.7 Å². The predicted octanol–water partition coefficient (Wildman–Crippen LogP) is 3.33. The van der Waals surface area contributed by atoms with Crippen LogP contribution in [0.3, 0.4) is 0 Å². The van der Waals surface area contributed by atoms with Crippen LogP contribution in [0.2, 0.25) is 0 Å². The molecule has 0 aliphatic carbocycles. The summed E-state index contributed by atoms with van der Waals surface area (Å²) < 4.78 is 0.